The van der Waals surface area contributed by atoms with Gasteiger partial charge in [-0.25, -0.2) is 8.42 Å². The van der Waals surface area contributed by atoms with Crippen molar-refractivity contribution in [2.24, 2.45) is 5.41 Å². The summed E-state index contributed by atoms with van der Waals surface area (Å²) in [6.45, 7) is 0.400. The van der Waals surface area contributed by atoms with Crippen LogP contribution in [0.2, 0.25) is 0 Å². The Morgan fingerprint density at radius 3 is 2.55 bits per heavy atom. The number of anilines is 1. The Hall–Kier alpha value is -1.67. The van der Waals surface area contributed by atoms with Crippen LogP contribution in [0, 0.1) is 15.5 Å². The quantitative estimate of drug-likeness (QED) is 0.603. The van der Waals surface area contributed by atoms with Crippen molar-refractivity contribution in [2.75, 3.05) is 24.7 Å². The first-order valence-electron chi connectivity index (χ1n) is 6.11. The molecule has 0 aliphatic heterocycles. The maximum Gasteiger partial charge on any atom is 0.310 e. The highest BCUT2D eigenvalue weighted by Crippen LogP contribution is 2.45. The predicted molar refractivity (Wildman–Crippen MR) is 73.4 cm³/mol. The summed E-state index contributed by atoms with van der Waals surface area (Å²) in [5.41, 5.74) is -0.504. The standard InChI is InChI=1S/C12H16N2O5S/c1-20(18,19)10-4-2-3-9(11(10)14(16)17)13-7-12(8-15)5-6-12/h2-4,13,15H,5-8H2,1H3. The number of nitro groups is 1. The highest BCUT2D eigenvalue weighted by Gasteiger charge is 2.42. The summed E-state index contributed by atoms with van der Waals surface area (Å²) < 4.78 is 23.2. The smallest absolute Gasteiger partial charge is 0.310 e. The fraction of sp³-hybridized carbons (Fsp3) is 0.500. The lowest BCUT2D eigenvalue weighted by Crippen LogP contribution is -2.20. The van der Waals surface area contributed by atoms with E-state index in [0.29, 0.717) is 6.54 Å². The van der Waals surface area contributed by atoms with Crippen LogP contribution in [0.1, 0.15) is 12.8 Å². The number of hydrogen-bond donors (Lipinski definition) is 2. The van der Waals surface area contributed by atoms with Crippen LogP contribution in [0.3, 0.4) is 0 Å². The highest BCUT2D eigenvalue weighted by molar-refractivity contribution is 7.90. The minimum absolute atomic E-state index is 0.0135. The first-order valence-corrected chi connectivity index (χ1v) is 8.00. The van der Waals surface area contributed by atoms with Gasteiger partial charge in [0.2, 0.25) is 0 Å². The normalized spacial score (nSPS) is 16.7. The number of aliphatic hydroxyl groups is 1. The van der Waals surface area contributed by atoms with Crippen molar-refractivity contribution in [3.05, 3.63) is 28.3 Å². The van der Waals surface area contributed by atoms with E-state index in [2.05, 4.69) is 5.32 Å². The molecule has 2 N–H and O–H groups in total. The minimum Gasteiger partial charge on any atom is -0.396 e. The topological polar surface area (TPSA) is 110 Å². The van der Waals surface area contributed by atoms with Gasteiger partial charge in [0, 0.05) is 18.2 Å². The molecular formula is C12H16N2O5S. The van der Waals surface area contributed by atoms with Crippen LogP contribution in [-0.2, 0) is 9.84 Å². The highest BCUT2D eigenvalue weighted by atomic mass is 32.2. The molecule has 20 heavy (non-hydrogen) atoms. The maximum absolute atomic E-state index is 11.6. The average Bonchev–Trinajstić information content (AvgIpc) is 3.15. The molecule has 0 unspecified atom stereocenters. The second kappa shape index (κ2) is 5.02. The molecule has 110 valence electrons. The van der Waals surface area contributed by atoms with Crippen LogP contribution in [0.4, 0.5) is 11.4 Å². The van der Waals surface area contributed by atoms with Crippen molar-refractivity contribution >= 4 is 21.2 Å². The summed E-state index contributed by atoms with van der Waals surface area (Å²) in [4.78, 5) is 10.1. The van der Waals surface area contributed by atoms with E-state index in [0.717, 1.165) is 19.1 Å². The monoisotopic (exact) mass is 300 g/mol. The Bertz CT molecular complexity index is 637. The van der Waals surface area contributed by atoms with Crippen LogP contribution in [0.5, 0.6) is 0 Å². The van der Waals surface area contributed by atoms with Crippen LogP contribution in [0.25, 0.3) is 0 Å². The Morgan fingerprint density at radius 2 is 2.10 bits per heavy atom. The molecule has 1 saturated carbocycles. The molecule has 1 fully saturated rings. The lowest BCUT2D eigenvalue weighted by atomic mass is 10.1. The molecule has 8 heteroatoms. The average molecular weight is 300 g/mol. The van der Waals surface area contributed by atoms with Gasteiger partial charge >= 0.3 is 5.69 Å². The number of para-hydroxylation sites is 1. The number of benzene rings is 1. The van der Waals surface area contributed by atoms with Gasteiger partial charge in [0.15, 0.2) is 9.84 Å². The van der Waals surface area contributed by atoms with Gasteiger partial charge in [0.1, 0.15) is 10.6 Å². The van der Waals surface area contributed by atoms with Crippen molar-refractivity contribution in [1.82, 2.24) is 0 Å². The number of nitrogens with zero attached hydrogens (tertiary/aromatic N) is 1. The molecule has 0 aromatic heterocycles. The van der Waals surface area contributed by atoms with Crippen LogP contribution >= 0.6 is 0 Å². The third-order valence-electron chi connectivity index (χ3n) is 3.53. The molecule has 1 aliphatic rings. The number of aliphatic hydroxyl groups excluding tert-OH is 1. The molecule has 1 aromatic carbocycles. The van der Waals surface area contributed by atoms with E-state index in [1.165, 1.54) is 18.2 Å². The molecule has 0 saturated heterocycles. The van der Waals surface area contributed by atoms with Gasteiger partial charge in [-0.2, -0.15) is 0 Å². The molecule has 0 radical (unpaired) electrons. The van der Waals surface area contributed by atoms with Crippen LogP contribution in [-0.4, -0.2) is 37.9 Å². The van der Waals surface area contributed by atoms with E-state index >= 15 is 0 Å². The lowest BCUT2D eigenvalue weighted by Gasteiger charge is -2.14. The van der Waals surface area contributed by atoms with Crippen molar-refractivity contribution in [3.8, 4) is 0 Å². The second-order valence-corrected chi connectivity index (χ2v) is 7.18. The van der Waals surface area contributed by atoms with E-state index in [9.17, 15) is 23.6 Å². The summed E-state index contributed by atoms with van der Waals surface area (Å²) in [7, 11) is -3.68. The van der Waals surface area contributed by atoms with Crippen molar-refractivity contribution in [1.29, 1.82) is 0 Å². The molecule has 1 aliphatic carbocycles. The number of sulfone groups is 1. The van der Waals surface area contributed by atoms with Gasteiger partial charge in [-0.05, 0) is 25.0 Å². The third-order valence-corrected chi connectivity index (χ3v) is 4.66. The number of nitrogens with one attached hydrogen (secondary N) is 1. The Morgan fingerprint density at radius 1 is 1.45 bits per heavy atom. The van der Waals surface area contributed by atoms with Crippen LogP contribution in [0.15, 0.2) is 23.1 Å². The SMILES string of the molecule is CS(=O)(=O)c1cccc(NCC2(CO)CC2)c1[N+](=O)[O-]. The van der Waals surface area contributed by atoms with Gasteiger partial charge < -0.3 is 10.4 Å². The van der Waals surface area contributed by atoms with Gasteiger partial charge in [0.05, 0.1) is 11.5 Å². The van der Waals surface area contributed by atoms with E-state index < -0.39 is 20.4 Å². The minimum atomic E-state index is -3.68. The summed E-state index contributed by atoms with van der Waals surface area (Å²) >= 11 is 0. The Kier molecular flexibility index (Phi) is 3.70. The first kappa shape index (κ1) is 14.7. The number of hydrogen-bond acceptors (Lipinski definition) is 6. The van der Waals surface area contributed by atoms with Gasteiger partial charge in [-0.1, -0.05) is 6.07 Å². The third kappa shape index (κ3) is 2.91. The van der Waals surface area contributed by atoms with Gasteiger partial charge in [0.25, 0.3) is 0 Å². The zero-order valence-corrected chi connectivity index (χ0v) is 11.8. The summed E-state index contributed by atoms with van der Waals surface area (Å²) in [5, 5.41) is 23.3. The zero-order valence-electron chi connectivity index (χ0n) is 11.0. The number of nitro benzene ring substituents is 1. The maximum atomic E-state index is 11.6. The molecule has 1 aromatic rings. The molecule has 2 rings (SSSR count). The molecule has 7 nitrogen and oxygen atoms in total. The summed E-state index contributed by atoms with van der Waals surface area (Å²) in [5.74, 6) is 0. The molecule has 0 heterocycles. The molecule has 0 atom stereocenters. The Labute approximate surface area is 116 Å². The molecule has 0 bridgehead atoms. The van der Waals surface area contributed by atoms with Crippen molar-refractivity contribution in [3.63, 3.8) is 0 Å². The zero-order chi connectivity index (χ0) is 15.0. The number of rotatable bonds is 6. The second-order valence-electron chi connectivity index (χ2n) is 5.19. The fourth-order valence-electron chi connectivity index (χ4n) is 2.00. The van der Waals surface area contributed by atoms with Crippen LogP contribution < -0.4 is 5.32 Å². The van der Waals surface area contributed by atoms with Gasteiger partial charge in [-0.3, -0.25) is 10.1 Å². The fourth-order valence-corrected chi connectivity index (χ4v) is 2.86. The van der Waals surface area contributed by atoms with E-state index in [1.807, 2.05) is 0 Å². The summed E-state index contributed by atoms with van der Waals surface area (Å²) in [6, 6.07) is 4.15. The first-order chi connectivity index (χ1) is 9.29. The summed E-state index contributed by atoms with van der Waals surface area (Å²) in [6.07, 6.45) is 2.65. The molecule has 0 amide bonds. The van der Waals surface area contributed by atoms with Crippen molar-refractivity contribution < 1.29 is 18.4 Å². The van der Waals surface area contributed by atoms with E-state index in [1.54, 1.807) is 0 Å². The predicted octanol–water partition coefficient (Wildman–Crippen LogP) is 1.18. The lowest BCUT2D eigenvalue weighted by molar-refractivity contribution is -0.386. The largest absolute Gasteiger partial charge is 0.396 e. The molecular weight excluding hydrogens is 284 g/mol. The molecule has 0 spiro atoms. The van der Waals surface area contributed by atoms with E-state index in [-0.39, 0.29) is 22.6 Å². The van der Waals surface area contributed by atoms with Crippen molar-refractivity contribution in [2.45, 2.75) is 17.7 Å². The van der Waals surface area contributed by atoms with Gasteiger partial charge in [-0.15, -0.1) is 0 Å². The van der Waals surface area contributed by atoms with E-state index in [4.69, 9.17) is 0 Å². The Balaban J connectivity index is 2.35.